The number of benzene rings is 1. The lowest BCUT2D eigenvalue weighted by atomic mass is 10.3. The van der Waals surface area contributed by atoms with E-state index in [1.54, 1.807) is 0 Å². The molecule has 0 aliphatic rings. The Kier molecular flexibility index (Phi) is 3.49. The summed E-state index contributed by atoms with van der Waals surface area (Å²) in [4.78, 5) is 19.1. The highest BCUT2D eigenvalue weighted by atomic mass is 32.2. The van der Waals surface area contributed by atoms with Crippen LogP contribution in [0.4, 0.5) is 11.4 Å². The van der Waals surface area contributed by atoms with Crippen LogP contribution in [0.25, 0.3) is 0 Å². The lowest BCUT2D eigenvalue weighted by Crippen LogP contribution is -2.21. The van der Waals surface area contributed by atoms with Crippen LogP contribution in [-0.2, 0) is 10.1 Å². The fourth-order valence-corrected chi connectivity index (χ4v) is 2.34. The molecule has 12 nitrogen and oxygen atoms in total. The number of aromatic nitrogens is 3. The molecule has 0 amide bonds. The second-order valence-corrected chi connectivity index (χ2v) is 5.00. The summed E-state index contributed by atoms with van der Waals surface area (Å²) < 4.78 is 28.3. The molecule has 0 N–H and O–H groups in total. The highest BCUT2D eigenvalue weighted by molar-refractivity contribution is 7.87. The minimum absolute atomic E-state index is 0.473. The zero-order chi connectivity index (χ0) is 15.6. The van der Waals surface area contributed by atoms with E-state index >= 15 is 0 Å². The zero-order valence-corrected chi connectivity index (χ0v) is 10.7. The first-order valence-electron chi connectivity index (χ1n) is 5.05. The van der Waals surface area contributed by atoms with Gasteiger partial charge in [-0.3, -0.25) is 24.5 Å². The molecule has 0 saturated heterocycles. The van der Waals surface area contributed by atoms with Crippen LogP contribution in [0.1, 0.15) is 0 Å². The van der Waals surface area contributed by atoms with E-state index in [1.807, 2.05) is 0 Å². The zero-order valence-electron chi connectivity index (χ0n) is 9.89. The topological polar surface area (TPSA) is 160 Å². The molecule has 0 aliphatic heterocycles. The first-order chi connectivity index (χ1) is 9.81. The number of rotatable bonds is 5. The summed E-state index contributed by atoms with van der Waals surface area (Å²) in [6.07, 6.45) is 2.18. The SMILES string of the molecule is O=[N+]([O-])c1ccc(S(=O)(=O)On2ccnn2)c([N+](=O)[O-])c1. The van der Waals surface area contributed by atoms with Crippen LogP contribution >= 0.6 is 0 Å². The Morgan fingerprint density at radius 3 is 2.43 bits per heavy atom. The van der Waals surface area contributed by atoms with E-state index in [1.165, 1.54) is 0 Å². The number of hydrogen-bond donors (Lipinski definition) is 0. The monoisotopic (exact) mass is 315 g/mol. The summed E-state index contributed by atoms with van der Waals surface area (Å²) >= 11 is 0. The lowest BCUT2D eigenvalue weighted by molar-refractivity contribution is -0.396. The summed E-state index contributed by atoms with van der Waals surface area (Å²) in [7, 11) is -4.61. The van der Waals surface area contributed by atoms with Crippen LogP contribution in [0, 0.1) is 20.2 Å². The van der Waals surface area contributed by atoms with E-state index in [9.17, 15) is 28.6 Å². The molecule has 0 bridgehead atoms. The average molecular weight is 315 g/mol. The molecule has 1 heterocycles. The Bertz CT molecular complexity index is 800. The number of nitro groups is 2. The van der Waals surface area contributed by atoms with Crippen LogP contribution in [-0.4, -0.2) is 33.4 Å². The summed E-state index contributed by atoms with van der Waals surface area (Å²) in [5.41, 5.74) is -1.61. The molecule has 2 aromatic rings. The van der Waals surface area contributed by atoms with Crippen molar-refractivity contribution in [3.8, 4) is 0 Å². The predicted molar refractivity (Wildman–Crippen MR) is 63.5 cm³/mol. The Morgan fingerprint density at radius 2 is 1.90 bits per heavy atom. The first-order valence-corrected chi connectivity index (χ1v) is 6.46. The third-order valence-electron chi connectivity index (χ3n) is 2.19. The van der Waals surface area contributed by atoms with Gasteiger partial charge in [0.05, 0.1) is 28.3 Å². The minimum atomic E-state index is -4.61. The van der Waals surface area contributed by atoms with E-state index in [-0.39, 0.29) is 0 Å². The van der Waals surface area contributed by atoms with Gasteiger partial charge in [-0.05, 0) is 11.3 Å². The molecule has 0 unspecified atom stereocenters. The van der Waals surface area contributed by atoms with Crippen molar-refractivity contribution in [2.24, 2.45) is 0 Å². The molecule has 13 heteroatoms. The summed E-state index contributed by atoms with van der Waals surface area (Å²) in [5.74, 6) is 0. The minimum Gasteiger partial charge on any atom is -0.264 e. The van der Waals surface area contributed by atoms with Crippen molar-refractivity contribution in [2.45, 2.75) is 4.90 Å². The van der Waals surface area contributed by atoms with Gasteiger partial charge < -0.3 is 0 Å². The van der Waals surface area contributed by atoms with Crippen LogP contribution in [0.2, 0.25) is 0 Å². The third kappa shape index (κ3) is 2.92. The van der Waals surface area contributed by atoms with Crippen molar-refractivity contribution in [1.29, 1.82) is 0 Å². The normalized spacial score (nSPS) is 11.0. The number of nitrogens with zero attached hydrogens (tertiary/aromatic N) is 5. The molecule has 0 fully saturated rings. The van der Waals surface area contributed by atoms with Gasteiger partial charge in [-0.1, -0.05) is 4.85 Å². The summed E-state index contributed by atoms with van der Waals surface area (Å²) in [6, 6.07) is 2.05. The molecule has 2 rings (SSSR count). The first kappa shape index (κ1) is 14.3. The van der Waals surface area contributed by atoms with Crippen LogP contribution < -0.4 is 4.28 Å². The van der Waals surface area contributed by atoms with Gasteiger partial charge in [-0.2, -0.15) is 8.42 Å². The summed E-state index contributed by atoms with van der Waals surface area (Å²) in [5, 5.41) is 28.0. The van der Waals surface area contributed by atoms with Crippen molar-refractivity contribution in [1.82, 2.24) is 15.2 Å². The standard InChI is InChI=1S/C8H5N5O7S/c14-12(15)6-1-2-8(7(5-6)13(16)17)21(18,19)20-11-4-3-9-10-11/h1-5H. The van der Waals surface area contributed by atoms with Gasteiger partial charge in [0.25, 0.3) is 11.4 Å². The van der Waals surface area contributed by atoms with E-state index in [2.05, 4.69) is 14.6 Å². The molecule has 0 atom stereocenters. The van der Waals surface area contributed by atoms with Crippen molar-refractivity contribution in [3.05, 3.63) is 50.8 Å². The molecule has 1 aromatic carbocycles. The smallest absolute Gasteiger partial charge is 0.264 e. The van der Waals surface area contributed by atoms with Gasteiger partial charge in [0, 0.05) is 6.07 Å². The van der Waals surface area contributed by atoms with Gasteiger partial charge in [-0.25, -0.2) is 0 Å². The Labute approximate surface area is 115 Å². The maximum absolute atomic E-state index is 11.9. The van der Waals surface area contributed by atoms with Gasteiger partial charge in [0.15, 0.2) is 4.90 Å². The van der Waals surface area contributed by atoms with E-state index in [0.717, 1.165) is 18.5 Å². The second kappa shape index (κ2) is 5.12. The number of nitro benzene ring substituents is 2. The van der Waals surface area contributed by atoms with Crippen molar-refractivity contribution >= 4 is 21.5 Å². The Balaban J connectivity index is 2.52. The molecular formula is C8H5N5O7S. The third-order valence-corrected chi connectivity index (χ3v) is 3.43. The van der Waals surface area contributed by atoms with Gasteiger partial charge in [0.2, 0.25) is 0 Å². The van der Waals surface area contributed by atoms with Crippen LogP contribution in [0.5, 0.6) is 0 Å². The van der Waals surface area contributed by atoms with E-state index < -0.39 is 36.2 Å². The van der Waals surface area contributed by atoms with Crippen LogP contribution in [0.15, 0.2) is 35.5 Å². The van der Waals surface area contributed by atoms with Crippen molar-refractivity contribution in [3.63, 3.8) is 0 Å². The van der Waals surface area contributed by atoms with Crippen molar-refractivity contribution in [2.75, 3.05) is 0 Å². The molecule has 0 aliphatic carbocycles. The van der Waals surface area contributed by atoms with E-state index in [4.69, 9.17) is 0 Å². The van der Waals surface area contributed by atoms with E-state index in [0.29, 0.717) is 17.0 Å². The van der Waals surface area contributed by atoms with Gasteiger partial charge in [-0.15, -0.1) is 5.10 Å². The largest absolute Gasteiger partial charge is 0.365 e. The highest BCUT2D eigenvalue weighted by Gasteiger charge is 2.30. The Morgan fingerprint density at radius 1 is 1.19 bits per heavy atom. The predicted octanol–water partition coefficient (Wildman–Crippen LogP) is -0.0880. The van der Waals surface area contributed by atoms with Gasteiger partial charge in [0.1, 0.15) is 0 Å². The molecule has 0 radical (unpaired) electrons. The van der Waals surface area contributed by atoms with Gasteiger partial charge >= 0.3 is 10.1 Å². The van der Waals surface area contributed by atoms with Crippen LogP contribution in [0.3, 0.4) is 0 Å². The quantitative estimate of drug-likeness (QED) is 0.542. The molecule has 0 saturated carbocycles. The maximum Gasteiger partial charge on any atom is 0.365 e. The highest BCUT2D eigenvalue weighted by Crippen LogP contribution is 2.28. The summed E-state index contributed by atoms with van der Waals surface area (Å²) in [6.45, 7) is 0. The van der Waals surface area contributed by atoms with Crippen molar-refractivity contribution < 1.29 is 22.5 Å². The molecule has 1 aromatic heterocycles. The molecule has 0 spiro atoms. The Hall–Kier alpha value is -3.09. The molecule has 21 heavy (non-hydrogen) atoms. The number of hydrogen-bond acceptors (Lipinski definition) is 9. The molecular weight excluding hydrogens is 310 g/mol. The number of non-ortho nitro benzene ring substituents is 1. The molecule has 110 valence electrons. The fourth-order valence-electron chi connectivity index (χ4n) is 1.35. The maximum atomic E-state index is 11.9. The lowest BCUT2D eigenvalue weighted by Gasteiger charge is -2.05. The average Bonchev–Trinajstić information content (AvgIpc) is 2.89. The second-order valence-electron chi connectivity index (χ2n) is 3.50. The fraction of sp³-hybridized carbons (Fsp3) is 0.